The van der Waals surface area contributed by atoms with Gasteiger partial charge in [-0.05, 0) is 0 Å². The highest BCUT2D eigenvalue weighted by atomic mass is 16.5. The number of hydrogen-bond acceptors (Lipinski definition) is 3. The first kappa shape index (κ1) is 14.4. The van der Waals surface area contributed by atoms with E-state index in [1.807, 2.05) is 0 Å². The summed E-state index contributed by atoms with van der Waals surface area (Å²) < 4.78 is 5.01. The average molecular weight is 187 g/mol. The van der Waals surface area contributed by atoms with Gasteiger partial charge in [0.2, 0.25) is 0 Å². The summed E-state index contributed by atoms with van der Waals surface area (Å²) in [5.74, 6) is -0.981. The molecule has 1 aliphatic rings. The third-order valence-corrected chi connectivity index (χ3v) is 1.02. The lowest BCUT2D eigenvalue weighted by molar-refractivity contribution is -0.131. The molecule has 4 heteroatoms. The predicted octanol–water partition coefficient (Wildman–Crippen LogP) is 0.665. The van der Waals surface area contributed by atoms with Crippen molar-refractivity contribution in [2.45, 2.75) is 0 Å². The molecular weight excluding hydrogens is 170 g/mol. The van der Waals surface area contributed by atoms with E-state index >= 15 is 0 Å². The van der Waals surface area contributed by atoms with E-state index in [0.717, 1.165) is 32.4 Å². The molecule has 1 rings (SSSR count). The maximum atomic E-state index is 9.25. The standard InChI is InChI=1S/C4H9NO.C3H4O2.C2H4/c1-3-6-4-2-5-1;1-2-3(4)5;1-2/h5H,1-4H2;2H,1H2,(H,4,5);1-2H2. The van der Waals surface area contributed by atoms with Crippen LogP contribution in [0.4, 0.5) is 0 Å². The molecule has 0 radical (unpaired) electrons. The van der Waals surface area contributed by atoms with Crippen molar-refractivity contribution in [1.82, 2.24) is 5.32 Å². The number of carboxylic acids is 1. The lowest BCUT2D eigenvalue weighted by atomic mass is 10.5. The van der Waals surface area contributed by atoms with Gasteiger partial charge in [0.1, 0.15) is 0 Å². The smallest absolute Gasteiger partial charge is 0.327 e. The van der Waals surface area contributed by atoms with E-state index in [2.05, 4.69) is 25.1 Å². The number of ether oxygens (including phenoxy) is 1. The van der Waals surface area contributed by atoms with Crippen LogP contribution in [0.2, 0.25) is 0 Å². The van der Waals surface area contributed by atoms with Gasteiger partial charge in [0.25, 0.3) is 0 Å². The Morgan fingerprint density at radius 1 is 1.38 bits per heavy atom. The van der Waals surface area contributed by atoms with Crippen LogP contribution in [0.1, 0.15) is 0 Å². The van der Waals surface area contributed by atoms with Gasteiger partial charge < -0.3 is 15.2 Å². The minimum Gasteiger partial charge on any atom is -0.478 e. The Morgan fingerprint density at radius 2 is 1.77 bits per heavy atom. The fraction of sp³-hybridized carbons (Fsp3) is 0.444. The summed E-state index contributed by atoms with van der Waals surface area (Å²) in [5.41, 5.74) is 0. The Morgan fingerprint density at radius 3 is 1.85 bits per heavy atom. The molecular formula is C9H17NO3. The van der Waals surface area contributed by atoms with Crippen molar-refractivity contribution in [3.05, 3.63) is 25.8 Å². The summed E-state index contributed by atoms with van der Waals surface area (Å²) in [6, 6.07) is 0. The maximum Gasteiger partial charge on any atom is 0.327 e. The monoisotopic (exact) mass is 187 g/mol. The van der Waals surface area contributed by atoms with E-state index in [0.29, 0.717) is 0 Å². The minimum absolute atomic E-state index is 0.833. The first-order valence-electron chi connectivity index (χ1n) is 3.91. The molecule has 1 heterocycles. The molecule has 0 atom stereocenters. The molecule has 0 aromatic carbocycles. The molecule has 1 aliphatic heterocycles. The lowest BCUT2D eigenvalue weighted by Crippen LogP contribution is -2.30. The lowest BCUT2D eigenvalue weighted by Gasteiger charge is -2.10. The second-order valence-electron chi connectivity index (χ2n) is 1.90. The molecule has 4 nitrogen and oxygen atoms in total. The third-order valence-electron chi connectivity index (χ3n) is 1.02. The molecule has 76 valence electrons. The van der Waals surface area contributed by atoms with Crippen molar-refractivity contribution in [3.8, 4) is 0 Å². The van der Waals surface area contributed by atoms with Crippen molar-refractivity contribution in [3.63, 3.8) is 0 Å². The number of carboxylic acid groups (broad SMARTS) is 1. The van der Waals surface area contributed by atoms with E-state index in [9.17, 15) is 4.79 Å². The topological polar surface area (TPSA) is 58.6 Å². The van der Waals surface area contributed by atoms with Crippen LogP contribution in [0.5, 0.6) is 0 Å². The normalized spacial score (nSPS) is 13.8. The van der Waals surface area contributed by atoms with E-state index in [1.165, 1.54) is 0 Å². The first-order chi connectivity index (χ1) is 6.27. The van der Waals surface area contributed by atoms with Crippen LogP contribution < -0.4 is 5.32 Å². The summed E-state index contributed by atoms with van der Waals surface area (Å²) >= 11 is 0. The van der Waals surface area contributed by atoms with Gasteiger partial charge in [-0.3, -0.25) is 0 Å². The van der Waals surface area contributed by atoms with Gasteiger partial charge in [-0.25, -0.2) is 4.79 Å². The number of aliphatic carboxylic acids is 1. The molecule has 0 bridgehead atoms. The summed E-state index contributed by atoms with van der Waals surface area (Å²) in [6.07, 6.45) is 0.833. The molecule has 2 N–H and O–H groups in total. The van der Waals surface area contributed by atoms with Gasteiger partial charge in [-0.15, -0.1) is 13.2 Å². The molecule has 0 spiro atoms. The zero-order chi connectivity index (χ0) is 10.5. The van der Waals surface area contributed by atoms with Crippen molar-refractivity contribution >= 4 is 5.97 Å². The minimum atomic E-state index is -0.981. The highest BCUT2D eigenvalue weighted by Crippen LogP contribution is 1.76. The molecule has 0 unspecified atom stereocenters. The largest absolute Gasteiger partial charge is 0.478 e. The highest BCUT2D eigenvalue weighted by molar-refractivity contribution is 5.78. The van der Waals surface area contributed by atoms with Crippen molar-refractivity contribution in [2.75, 3.05) is 26.3 Å². The maximum absolute atomic E-state index is 9.25. The summed E-state index contributed by atoms with van der Waals surface area (Å²) in [4.78, 5) is 9.25. The van der Waals surface area contributed by atoms with Gasteiger partial charge >= 0.3 is 5.97 Å². The number of nitrogens with one attached hydrogen (secondary N) is 1. The third kappa shape index (κ3) is 18.1. The van der Waals surface area contributed by atoms with Crippen molar-refractivity contribution in [2.24, 2.45) is 0 Å². The number of rotatable bonds is 1. The summed E-state index contributed by atoms with van der Waals surface area (Å²) in [7, 11) is 0. The Hall–Kier alpha value is -1.13. The van der Waals surface area contributed by atoms with Crippen molar-refractivity contribution in [1.29, 1.82) is 0 Å². The van der Waals surface area contributed by atoms with Crippen LogP contribution in [-0.4, -0.2) is 37.4 Å². The quantitative estimate of drug-likeness (QED) is 0.468. The van der Waals surface area contributed by atoms with Gasteiger partial charge in [0.15, 0.2) is 0 Å². The number of hydrogen-bond donors (Lipinski definition) is 2. The molecule has 0 amide bonds. The van der Waals surface area contributed by atoms with E-state index in [1.54, 1.807) is 0 Å². The molecule has 13 heavy (non-hydrogen) atoms. The van der Waals surface area contributed by atoms with Gasteiger partial charge in [0, 0.05) is 19.2 Å². The van der Waals surface area contributed by atoms with E-state index in [-0.39, 0.29) is 0 Å². The molecule has 1 saturated heterocycles. The number of morpholine rings is 1. The SMILES string of the molecule is C1COCCN1.C=C.C=CC(=O)O. The van der Waals surface area contributed by atoms with Crippen LogP contribution >= 0.6 is 0 Å². The molecule has 0 aliphatic carbocycles. The van der Waals surface area contributed by atoms with Crippen LogP contribution in [0.3, 0.4) is 0 Å². The Labute approximate surface area is 78.9 Å². The molecule has 0 aromatic heterocycles. The number of carbonyl (C=O) groups is 1. The fourth-order valence-corrected chi connectivity index (χ4v) is 0.516. The Kier molecular flexibility index (Phi) is 14.9. The zero-order valence-corrected chi connectivity index (χ0v) is 7.79. The molecule has 0 aromatic rings. The molecule has 0 saturated carbocycles. The van der Waals surface area contributed by atoms with Crippen molar-refractivity contribution < 1.29 is 14.6 Å². The fourth-order valence-electron chi connectivity index (χ4n) is 0.516. The van der Waals surface area contributed by atoms with Gasteiger partial charge in [-0.2, -0.15) is 0 Å². The van der Waals surface area contributed by atoms with Crippen LogP contribution in [0, 0.1) is 0 Å². The van der Waals surface area contributed by atoms with Gasteiger partial charge in [-0.1, -0.05) is 6.58 Å². The second-order valence-corrected chi connectivity index (χ2v) is 1.90. The highest BCUT2D eigenvalue weighted by Gasteiger charge is 1.92. The van der Waals surface area contributed by atoms with E-state index in [4.69, 9.17) is 9.84 Å². The summed E-state index contributed by atoms with van der Waals surface area (Å²) in [6.45, 7) is 12.8. The Bertz CT molecular complexity index is 121. The predicted molar refractivity (Wildman–Crippen MR) is 52.8 cm³/mol. The Balaban J connectivity index is 0. The van der Waals surface area contributed by atoms with Gasteiger partial charge in [0.05, 0.1) is 13.2 Å². The average Bonchev–Trinajstić information content (AvgIpc) is 2.24. The zero-order valence-electron chi connectivity index (χ0n) is 7.79. The van der Waals surface area contributed by atoms with E-state index < -0.39 is 5.97 Å². The summed E-state index contributed by atoms with van der Waals surface area (Å²) in [5, 5.41) is 10.8. The first-order valence-corrected chi connectivity index (χ1v) is 3.91. The van der Waals surface area contributed by atoms with Crippen LogP contribution in [-0.2, 0) is 9.53 Å². The second kappa shape index (κ2) is 13.5. The van der Waals surface area contributed by atoms with Crippen LogP contribution in [0.15, 0.2) is 25.8 Å². The molecule has 1 fully saturated rings. The van der Waals surface area contributed by atoms with Crippen LogP contribution in [0.25, 0.3) is 0 Å².